The van der Waals surface area contributed by atoms with E-state index in [1.54, 1.807) is 51.6 Å². The maximum absolute atomic E-state index is 14.2. The number of anilines is 1. The first-order valence-electron chi connectivity index (χ1n) is 14.1. The lowest BCUT2D eigenvalue weighted by Crippen LogP contribution is -2.54. The number of piperidine rings is 1. The van der Waals surface area contributed by atoms with Gasteiger partial charge in [0.25, 0.3) is 0 Å². The molecule has 1 amide bonds. The number of sulfone groups is 1. The summed E-state index contributed by atoms with van der Waals surface area (Å²) in [5.74, 6) is 0.528. The van der Waals surface area contributed by atoms with Crippen LogP contribution in [0.5, 0.6) is 11.5 Å². The number of methoxy groups -OCH3 is 2. The first-order valence-corrected chi connectivity index (χ1v) is 15.9. The highest BCUT2D eigenvalue weighted by atomic mass is 32.2. The molecule has 44 heavy (non-hydrogen) atoms. The van der Waals surface area contributed by atoms with Crippen molar-refractivity contribution >= 4 is 21.7 Å². The molecule has 2 aliphatic rings. The van der Waals surface area contributed by atoms with Crippen LogP contribution in [0.1, 0.15) is 24.4 Å². The number of para-hydroxylation sites is 1. The smallest absolute Gasteiger partial charge is 0.227 e. The number of amides is 1. The number of rotatable bonds is 9. The summed E-state index contributed by atoms with van der Waals surface area (Å²) >= 11 is 0. The van der Waals surface area contributed by atoms with Gasteiger partial charge in [0.1, 0.15) is 28.7 Å². The normalized spacial score (nSPS) is 18.6. The Bertz CT molecular complexity index is 1750. The molecule has 1 aromatic carbocycles. The van der Waals surface area contributed by atoms with Gasteiger partial charge in [-0.3, -0.25) is 9.36 Å². The Morgan fingerprint density at radius 2 is 1.75 bits per heavy atom. The molecule has 0 N–H and O–H groups in total. The Hall–Kier alpha value is -4.53. The van der Waals surface area contributed by atoms with Crippen molar-refractivity contribution in [2.75, 3.05) is 45.3 Å². The van der Waals surface area contributed by atoms with Gasteiger partial charge in [-0.15, -0.1) is 10.2 Å². The highest BCUT2D eigenvalue weighted by Crippen LogP contribution is 2.38. The summed E-state index contributed by atoms with van der Waals surface area (Å²) in [6.07, 6.45) is 3.07. The molecule has 0 saturated carbocycles. The molecule has 0 spiro atoms. The monoisotopic (exact) mass is 625 g/mol. The van der Waals surface area contributed by atoms with Gasteiger partial charge in [0.2, 0.25) is 17.7 Å². The minimum absolute atomic E-state index is 0.0219. The number of halogens is 1. The van der Waals surface area contributed by atoms with Crippen LogP contribution >= 0.6 is 0 Å². The standard InChI is InChI=1S/C29H32FN7O6S/c1-18-8-9-24(43-18)27-34-33-25(37(27)26-22(41-2)6-4-7-23(26)42-3)17-44(39,40)21-12-19(28(38)35-10-5-11-35)15-36(16-21)29-31-13-20(30)14-32-29/h4,6-9,13-14,19,21H,5,10-12,15-17H2,1-3H3/t19-,21-/m1/s1. The van der Waals surface area contributed by atoms with Gasteiger partial charge in [-0.25, -0.2) is 22.8 Å². The van der Waals surface area contributed by atoms with Gasteiger partial charge in [-0.2, -0.15) is 0 Å². The minimum Gasteiger partial charge on any atom is -0.494 e. The maximum Gasteiger partial charge on any atom is 0.227 e. The van der Waals surface area contributed by atoms with E-state index in [1.807, 2.05) is 0 Å². The van der Waals surface area contributed by atoms with Crippen LogP contribution in [0.15, 0.2) is 47.1 Å². The van der Waals surface area contributed by atoms with Crippen molar-refractivity contribution in [2.24, 2.45) is 5.92 Å². The minimum atomic E-state index is -3.98. The number of hydrogen-bond acceptors (Lipinski definition) is 11. The molecule has 5 heterocycles. The van der Waals surface area contributed by atoms with Gasteiger partial charge in [-0.1, -0.05) is 6.07 Å². The van der Waals surface area contributed by atoms with Gasteiger partial charge < -0.3 is 23.7 Å². The molecule has 2 atom stereocenters. The van der Waals surface area contributed by atoms with Crippen LogP contribution in [0.2, 0.25) is 0 Å². The number of carbonyl (C=O) groups is 1. The first kappa shape index (κ1) is 29.5. The summed E-state index contributed by atoms with van der Waals surface area (Å²) in [5, 5.41) is 7.66. The van der Waals surface area contributed by atoms with Crippen LogP contribution in [-0.2, 0) is 20.4 Å². The lowest BCUT2D eigenvalue weighted by Gasteiger charge is -2.40. The second-order valence-corrected chi connectivity index (χ2v) is 13.1. The number of carbonyl (C=O) groups excluding carboxylic acids is 1. The first-order chi connectivity index (χ1) is 21.2. The van der Waals surface area contributed by atoms with Crippen LogP contribution < -0.4 is 14.4 Å². The molecule has 0 radical (unpaired) electrons. The molecule has 13 nitrogen and oxygen atoms in total. The molecule has 232 valence electrons. The topological polar surface area (TPSA) is 146 Å². The van der Waals surface area contributed by atoms with Crippen LogP contribution in [0.3, 0.4) is 0 Å². The van der Waals surface area contributed by atoms with Crippen molar-refractivity contribution in [3.8, 4) is 28.8 Å². The van der Waals surface area contributed by atoms with Gasteiger partial charge in [0.05, 0.1) is 37.8 Å². The third kappa shape index (κ3) is 5.58. The number of furan rings is 1. The fourth-order valence-corrected chi connectivity index (χ4v) is 7.34. The average molecular weight is 626 g/mol. The molecular formula is C29H32FN7O6S. The number of nitrogens with zero attached hydrogens (tertiary/aromatic N) is 7. The zero-order valence-electron chi connectivity index (χ0n) is 24.5. The van der Waals surface area contributed by atoms with Crippen molar-refractivity contribution in [1.29, 1.82) is 0 Å². The van der Waals surface area contributed by atoms with Crippen molar-refractivity contribution < 1.29 is 31.5 Å². The van der Waals surface area contributed by atoms with E-state index >= 15 is 0 Å². The Kier molecular flexibility index (Phi) is 7.97. The summed E-state index contributed by atoms with van der Waals surface area (Å²) in [5.41, 5.74) is 0.410. The number of hydrogen-bond donors (Lipinski definition) is 0. The molecule has 15 heteroatoms. The van der Waals surface area contributed by atoms with Gasteiger partial charge in [0.15, 0.2) is 27.2 Å². The molecule has 0 bridgehead atoms. The Balaban J connectivity index is 1.40. The van der Waals surface area contributed by atoms with E-state index in [4.69, 9.17) is 13.9 Å². The number of aromatic nitrogens is 5. The fourth-order valence-electron chi connectivity index (χ4n) is 5.63. The summed E-state index contributed by atoms with van der Waals surface area (Å²) in [4.78, 5) is 24.8. The molecule has 0 unspecified atom stereocenters. The van der Waals surface area contributed by atoms with Gasteiger partial charge in [0, 0.05) is 26.2 Å². The predicted molar refractivity (Wildman–Crippen MR) is 157 cm³/mol. The quantitative estimate of drug-likeness (QED) is 0.271. The molecule has 2 aliphatic heterocycles. The van der Waals surface area contributed by atoms with E-state index in [0.717, 1.165) is 18.8 Å². The lowest BCUT2D eigenvalue weighted by molar-refractivity contribution is -0.139. The Morgan fingerprint density at radius 1 is 1.05 bits per heavy atom. The Labute approximate surface area is 253 Å². The SMILES string of the molecule is COc1cccc(OC)c1-n1c(CS(=O)(=O)[C@@H]2C[C@@H](C(=O)N3CCC3)CN(c3ncc(F)cn3)C2)nnc1-c1ccc(C)o1. The second-order valence-electron chi connectivity index (χ2n) is 10.8. The van der Waals surface area contributed by atoms with Crippen molar-refractivity contribution in [1.82, 2.24) is 29.6 Å². The number of benzene rings is 1. The molecule has 4 aromatic rings. The van der Waals surface area contributed by atoms with E-state index in [2.05, 4.69) is 20.2 Å². The van der Waals surface area contributed by atoms with Crippen LogP contribution in [0.25, 0.3) is 17.3 Å². The van der Waals surface area contributed by atoms with Crippen molar-refractivity contribution in [3.63, 3.8) is 0 Å². The third-order valence-electron chi connectivity index (χ3n) is 7.97. The molecule has 2 fully saturated rings. The summed E-state index contributed by atoms with van der Waals surface area (Å²) in [7, 11) is -0.979. The average Bonchev–Trinajstić information content (AvgIpc) is 3.61. The van der Waals surface area contributed by atoms with E-state index in [9.17, 15) is 17.6 Å². The largest absolute Gasteiger partial charge is 0.494 e. The van der Waals surface area contributed by atoms with Gasteiger partial charge in [-0.05, 0) is 44.0 Å². The maximum atomic E-state index is 14.2. The second kappa shape index (κ2) is 11.9. The fraction of sp³-hybridized carbons (Fsp3) is 0.414. The molecule has 0 aliphatic carbocycles. The van der Waals surface area contributed by atoms with Crippen LogP contribution in [0, 0.1) is 18.7 Å². The molecule has 3 aromatic heterocycles. The van der Waals surface area contributed by atoms with Crippen LogP contribution in [-0.4, -0.2) is 89.6 Å². The van der Waals surface area contributed by atoms with E-state index in [-0.39, 0.29) is 43.0 Å². The summed E-state index contributed by atoms with van der Waals surface area (Å²) in [6, 6.07) is 8.70. The summed E-state index contributed by atoms with van der Waals surface area (Å²) in [6.45, 7) is 3.31. The molecule has 6 rings (SSSR count). The molecular weight excluding hydrogens is 593 g/mol. The van der Waals surface area contributed by atoms with E-state index in [1.165, 1.54) is 14.2 Å². The number of ether oxygens (including phenoxy) is 2. The zero-order valence-corrected chi connectivity index (χ0v) is 25.3. The van der Waals surface area contributed by atoms with Crippen LogP contribution in [0.4, 0.5) is 10.3 Å². The molecule has 2 saturated heterocycles. The number of likely N-dealkylation sites (tertiary alicyclic amines) is 1. The highest BCUT2D eigenvalue weighted by molar-refractivity contribution is 7.91. The summed E-state index contributed by atoms with van der Waals surface area (Å²) < 4.78 is 60.7. The van der Waals surface area contributed by atoms with E-state index in [0.29, 0.717) is 41.8 Å². The van der Waals surface area contributed by atoms with E-state index < -0.39 is 32.6 Å². The van der Waals surface area contributed by atoms with Gasteiger partial charge >= 0.3 is 0 Å². The highest BCUT2D eigenvalue weighted by Gasteiger charge is 2.42. The van der Waals surface area contributed by atoms with Crippen molar-refractivity contribution in [2.45, 2.75) is 30.8 Å². The number of aryl methyl sites for hydroxylation is 1. The predicted octanol–water partition coefficient (Wildman–Crippen LogP) is 2.82. The third-order valence-corrected chi connectivity index (χ3v) is 9.99. The Morgan fingerprint density at radius 3 is 2.34 bits per heavy atom. The zero-order chi connectivity index (χ0) is 31.0. The van der Waals surface area contributed by atoms with Crippen molar-refractivity contribution in [3.05, 3.63) is 60.1 Å². The lowest BCUT2D eigenvalue weighted by atomic mass is 9.95.